The summed E-state index contributed by atoms with van der Waals surface area (Å²) in [6.07, 6.45) is 1.85. The van der Waals surface area contributed by atoms with E-state index < -0.39 is 10.0 Å². The number of piperidine rings is 1. The molecule has 1 saturated heterocycles. The smallest absolute Gasteiger partial charge is 0.252 e. The summed E-state index contributed by atoms with van der Waals surface area (Å²) in [7, 11) is -1.80. The molecular formula is C21H28N2O4S2. The number of hydrogen-bond donors (Lipinski definition) is 1. The average Bonchev–Trinajstić information content (AvgIpc) is 3.27. The molecule has 6 nitrogen and oxygen atoms in total. The Labute approximate surface area is 176 Å². The highest BCUT2D eigenvalue weighted by Crippen LogP contribution is 2.28. The van der Waals surface area contributed by atoms with E-state index in [0.29, 0.717) is 30.1 Å². The number of hydrogen-bond acceptors (Lipinski definition) is 5. The van der Waals surface area contributed by atoms with E-state index in [1.165, 1.54) is 15.6 Å². The van der Waals surface area contributed by atoms with Gasteiger partial charge in [-0.05, 0) is 54.8 Å². The van der Waals surface area contributed by atoms with Gasteiger partial charge in [-0.2, -0.15) is 4.31 Å². The Morgan fingerprint density at radius 2 is 2.03 bits per heavy atom. The van der Waals surface area contributed by atoms with Gasteiger partial charge < -0.3 is 10.1 Å². The van der Waals surface area contributed by atoms with Crippen LogP contribution in [0, 0.1) is 12.8 Å². The minimum atomic E-state index is -3.44. The molecule has 1 aliphatic heterocycles. The number of methoxy groups -OCH3 is 1. The van der Waals surface area contributed by atoms with Gasteiger partial charge >= 0.3 is 0 Å². The molecule has 0 aliphatic carbocycles. The zero-order valence-electron chi connectivity index (χ0n) is 17.1. The molecule has 0 saturated carbocycles. The molecule has 3 rings (SSSR count). The lowest BCUT2D eigenvalue weighted by atomic mass is 9.95. The van der Waals surface area contributed by atoms with Crippen LogP contribution in [0.15, 0.2) is 39.9 Å². The van der Waals surface area contributed by atoms with Crippen LogP contribution >= 0.6 is 11.3 Å². The first-order valence-electron chi connectivity index (χ1n) is 9.85. The average molecular weight is 437 g/mol. The zero-order chi connectivity index (χ0) is 21.0. The second-order valence-electron chi connectivity index (χ2n) is 7.31. The number of nitrogens with one attached hydrogen (secondary N) is 1. The Bertz CT molecular complexity index is 934. The summed E-state index contributed by atoms with van der Waals surface area (Å²) in [5.74, 6) is 0.658. The van der Waals surface area contributed by atoms with E-state index in [1.807, 2.05) is 32.0 Å². The Morgan fingerprint density at radius 1 is 1.31 bits per heavy atom. The van der Waals surface area contributed by atoms with Gasteiger partial charge in [0.2, 0.25) is 5.91 Å². The standard InChI is InChI=1S/C21H28N2O4S2/c1-4-18(17-7-8-19(27-3)15(2)14-17)22-21(24)16-9-11-23(12-10-16)29(25,26)20-6-5-13-28-20/h5-8,13-14,16,18H,4,9-12H2,1-3H3,(H,22,24). The van der Waals surface area contributed by atoms with Gasteiger partial charge in [-0.25, -0.2) is 8.42 Å². The van der Waals surface area contributed by atoms with Gasteiger partial charge in [0.25, 0.3) is 10.0 Å². The fraction of sp³-hybridized carbons (Fsp3) is 0.476. The Kier molecular flexibility index (Phi) is 6.97. The number of carbonyl (C=O) groups excluding carboxylic acids is 1. The Balaban J connectivity index is 1.61. The number of ether oxygens (including phenoxy) is 1. The van der Waals surface area contributed by atoms with Gasteiger partial charge in [0.1, 0.15) is 9.96 Å². The highest BCUT2D eigenvalue weighted by Gasteiger charge is 2.33. The summed E-state index contributed by atoms with van der Waals surface area (Å²) in [5, 5.41) is 4.92. The molecule has 0 radical (unpaired) electrons. The van der Waals surface area contributed by atoms with E-state index in [1.54, 1.807) is 24.6 Å². The molecule has 8 heteroatoms. The van der Waals surface area contributed by atoms with Crippen molar-refractivity contribution in [3.05, 3.63) is 46.8 Å². The summed E-state index contributed by atoms with van der Waals surface area (Å²) in [6, 6.07) is 9.25. The third-order valence-corrected chi connectivity index (χ3v) is 8.73. The van der Waals surface area contributed by atoms with E-state index in [9.17, 15) is 13.2 Å². The van der Waals surface area contributed by atoms with Crippen LogP contribution in [0.1, 0.15) is 43.4 Å². The van der Waals surface area contributed by atoms with E-state index in [4.69, 9.17) is 4.74 Å². The molecule has 29 heavy (non-hydrogen) atoms. The molecular weight excluding hydrogens is 408 g/mol. The first-order valence-corrected chi connectivity index (χ1v) is 12.2. The van der Waals surface area contributed by atoms with Crippen LogP contribution in [-0.4, -0.2) is 38.8 Å². The third kappa shape index (κ3) is 4.82. The highest BCUT2D eigenvalue weighted by molar-refractivity contribution is 7.91. The number of nitrogens with zero attached hydrogens (tertiary/aromatic N) is 1. The third-order valence-electron chi connectivity index (χ3n) is 5.46. The zero-order valence-corrected chi connectivity index (χ0v) is 18.7. The van der Waals surface area contributed by atoms with Gasteiger partial charge in [-0.3, -0.25) is 4.79 Å². The predicted octanol–water partition coefficient (Wildman–Crippen LogP) is 3.73. The van der Waals surface area contributed by atoms with Crippen molar-refractivity contribution in [2.75, 3.05) is 20.2 Å². The molecule has 1 N–H and O–H groups in total. The maximum absolute atomic E-state index is 12.8. The topological polar surface area (TPSA) is 75.7 Å². The molecule has 1 aromatic heterocycles. The lowest BCUT2D eigenvalue weighted by Gasteiger charge is -2.31. The number of thiophene rings is 1. The molecule has 1 fully saturated rings. The first kappa shape index (κ1) is 21.8. The maximum Gasteiger partial charge on any atom is 0.252 e. The van der Waals surface area contributed by atoms with Crippen molar-refractivity contribution >= 4 is 27.3 Å². The molecule has 1 aliphatic rings. The van der Waals surface area contributed by atoms with Crippen molar-refractivity contribution in [1.29, 1.82) is 0 Å². The molecule has 0 bridgehead atoms. The van der Waals surface area contributed by atoms with Crippen LogP contribution < -0.4 is 10.1 Å². The SMILES string of the molecule is CCC(NC(=O)C1CCN(S(=O)(=O)c2cccs2)CC1)c1ccc(OC)c(C)c1. The molecule has 158 valence electrons. The second-order valence-corrected chi connectivity index (χ2v) is 10.4. The molecule has 1 aromatic carbocycles. The monoisotopic (exact) mass is 436 g/mol. The first-order chi connectivity index (χ1) is 13.9. The molecule has 1 atom stereocenters. The van der Waals surface area contributed by atoms with Gasteiger partial charge in [0, 0.05) is 19.0 Å². The highest BCUT2D eigenvalue weighted by atomic mass is 32.2. The van der Waals surface area contributed by atoms with E-state index in [-0.39, 0.29) is 17.9 Å². The Hall–Kier alpha value is -1.90. The maximum atomic E-state index is 12.8. The number of aryl methyl sites for hydroxylation is 1. The van der Waals surface area contributed by atoms with Crippen molar-refractivity contribution in [3.63, 3.8) is 0 Å². The number of rotatable bonds is 7. The summed E-state index contributed by atoms with van der Waals surface area (Å²) in [5.41, 5.74) is 2.08. The molecule has 2 aromatic rings. The van der Waals surface area contributed by atoms with Crippen LogP contribution in [0.3, 0.4) is 0 Å². The van der Waals surface area contributed by atoms with Crippen molar-refractivity contribution in [2.45, 2.75) is 43.4 Å². The number of sulfonamides is 1. The summed E-state index contributed by atoms with van der Waals surface area (Å²) in [6.45, 7) is 4.77. The molecule has 2 heterocycles. The quantitative estimate of drug-likeness (QED) is 0.718. The predicted molar refractivity (Wildman–Crippen MR) is 115 cm³/mol. The van der Waals surface area contributed by atoms with E-state index in [0.717, 1.165) is 23.3 Å². The molecule has 0 spiro atoms. The fourth-order valence-electron chi connectivity index (χ4n) is 3.72. The summed E-state index contributed by atoms with van der Waals surface area (Å²) < 4.78 is 32.5. The van der Waals surface area contributed by atoms with Crippen molar-refractivity contribution in [2.24, 2.45) is 5.92 Å². The van der Waals surface area contributed by atoms with Crippen LogP contribution in [-0.2, 0) is 14.8 Å². The summed E-state index contributed by atoms with van der Waals surface area (Å²) >= 11 is 1.23. The van der Waals surface area contributed by atoms with Gasteiger partial charge in [0.15, 0.2) is 0 Å². The number of amides is 1. The fourth-order valence-corrected chi connectivity index (χ4v) is 6.34. The summed E-state index contributed by atoms with van der Waals surface area (Å²) in [4.78, 5) is 12.8. The minimum absolute atomic E-state index is 0.00140. The van der Waals surface area contributed by atoms with E-state index >= 15 is 0 Å². The van der Waals surface area contributed by atoms with E-state index in [2.05, 4.69) is 5.32 Å². The van der Waals surface area contributed by atoms with Crippen LogP contribution in [0.5, 0.6) is 5.75 Å². The van der Waals surface area contributed by atoms with Gasteiger partial charge in [-0.1, -0.05) is 25.1 Å². The lowest BCUT2D eigenvalue weighted by Crippen LogP contribution is -2.43. The van der Waals surface area contributed by atoms with Gasteiger partial charge in [-0.15, -0.1) is 11.3 Å². The van der Waals surface area contributed by atoms with Crippen LogP contribution in [0.25, 0.3) is 0 Å². The lowest BCUT2D eigenvalue weighted by molar-refractivity contribution is -0.126. The normalized spacial score (nSPS) is 17.1. The number of benzene rings is 1. The largest absolute Gasteiger partial charge is 0.496 e. The molecule has 1 amide bonds. The van der Waals surface area contributed by atoms with Gasteiger partial charge in [0.05, 0.1) is 13.2 Å². The Morgan fingerprint density at radius 3 is 2.59 bits per heavy atom. The van der Waals surface area contributed by atoms with Crippen LogP contribution in [0.4, 0.5) is 0 Å². The van der Waals surface area contributed by atoms with Crippen molar-refractivity contribution in [1.82, 2.24) is 9.62 Å². The number of carbonyl (C=O) groups is 1. The van der Waals surface area contributed by atoms with Crippen LogP contribution in [0.2, 0.25) is 0 Å². The van der Waals surface area contributed by atoms with Crippen molar-refractivity contribution < 1.29 is 17.9 Å². The second kappa shape index (κ2) is 9.28. The van der Waals surface area contributed by atoms with Crippen molar-refractivity contribution in [3.8, 4) is 5.75 Å². The minimum Gasteiger partial charge on any atom is -0.496 e. The molecule has 1 unspecified atom stereocenters.